The van der Waals surface area contributed by atoms with Crippen LogP contribution in [0.1, 0.15) is 71.2 Å². The normalized spacial score (nSPS) is 14.1. The smallest absolute Gasteiger partial charge is 0.253 e. The van der Waals surface area contributed by atoms with Crippen molar-refractivity contribution in [2.24, 2.45) is 0 Å². The summed E-state index contributed by atoms with van der Waals surface area (Å²) in [6.45, 7) is 9.39. The Morgan fingerprint density at radius 2 is 1.63 bits per heavy atom. The molecule has 3 aromatic rings. The summed E-state index contributed by atoms with van der Waals surface area (Å²) in [7, 11) is 0. The molecule has 0 saturated carbocycles. The van der Waals surface area contributed by atoms with Crippen molar-refractivity contribution >= 4 is 11.7 Å². The molecule has 5 nitrogen and oxygen atoms in total. The number of carbonyl (C=O) groups is 1. The summed E-state index contributed by atoms with van der Waals surface area (Å²) in [4.78, 5) is 27.2. The largest absolute Gasteiger partial charge is 0.354 e. The van der Waals surface area contributed by atoms with Gasteiger partial charge in [-0.25, -0.2) is 9.97 Å². The van der Waals surface area contributed by atoms with Crippen LogP contribution >= 0.6 is 0 Å². The van der Waals surface area contributed by atoms with Crippen LogP contribution in [-0.4, -0.2) is 47.0 Å². The number of hydrogen-bond donors (Lipinski definition) is 0. The first-order valence-electron chi connectivity index (χ1n) is 13.1. The Morgan fingerprint density at radius 1 is 0.857 bits per heavy atom. The fourth-order valence-electron chi connectivity index (χ4n) is 4.89. The van der Waals surface area contributed by atoms with E-state index in [9.17, 15) is 4.79 Å². The van der Waals surface area contributed by atoms with E-state index in [0.717, 1.165) is 61.8 Å². The van der Waals surface area contributed by atoms with Crippen LogP contribution in [0, 0.1) is 13.8 Å². The molecule has 35 heavy (non-hydrogen) atoms. The van der Waals surface area contributed by atoms with E-state index in [1.54, 1.807) is 0 Å². The fraction of sp³-hybridized carbons (Fsp3) is 0.433. The molecule has 184 valence electrons. The Labute approximate surface area is 210 Å². The highest BCUT2D eigenvalue weighted by Gasteiger charge is 2.23. The highest BCUT2D eigenvalue weighted by molar-refractivity contribution is 5.94. The van der Waals surface area contributed by atoms with Crippen molar-refractivity contribution in [3.8, 4) is 0 Å². The van der Waals surface area contributed by atoms with Crippen molar-refractivity contribution in [3.63, 3.8) is 0 Å². The van der Waals surface area contributed by atoms with E-state index < -0.39 is 0 Å². The van der Waals surface area contributed by atoms with Gasteiger partial charge in [-0.3, -0.25) is 4.79 Å². The molecule has 1 aliphatic rings. The molecule has 1 fully saturated rings. The molecule has 1 aliphatic heterocycles. The van der Waals surface area contributed by atoms with Crippen LogP contribution in [0.2, 0.25) is 0 Å². The number of hydrogen-bond acceptors (Lipinski definition) is 4. The number of aromatic nitrogens is 2. The molecule has 2 aromatic carbocycles. The zero-order valence-corrected chi connectivity index (χ0v) is 21.5. The molecular weight excluding hydrogens is 432 g/mol. The molecule has 0 spiro atoms. The Morgan fingerprint density at radius 3 is 2.37 bits per heavy atom. The van der Waals surface area contributed by atoms with Gasteiger partial charge in [-0.1, -0.05) is 62.2 Å². The minimum atomic E-state index is 0.131. The molecule has 2 heterocycles. The van der Waals surface area contributed by atoms with Gasteiger partial charge < -0.3 is 9.80 Å². The summed E-state index contributed by atoms with van der Waals surface area (Å²) in [5.41, 5.74) is 5.58. The van der Waals surface area contributed by atoms with Crippen LogP contribution in [0.4, 0.5) is 5.82 Å². The van der Waals surface area contributed by atoms with Gasteiger partial charge >= 0.3 is 0 Å². The summed E-state index contributed by atoms with van der Waals surface area (Å²) in [5.74, 6) is 1.95. The minimum absolute atomic E-state index is 0.131. The number of nitrogens with zero attached hydrogens (tertiary/aromatic N) is 4. The lowest BCUT2D eigenvalue weighted by atomic mass is 10.0. The third-order valence-corrected chi connectivity index (χ3v) is 6.88. The predicted octanol–water partition coefficient (Wildman–Crippen LogP) is 5.77. The van der Waals surface area contributed by atoms with Gasteiger partial charge in [0.15, 0.2) is 0 Å². The van der Waals surface area contributed by atoms with E-state index in [1.807, 2.05) is 30.0 Å². The van der Waals surface area contributed by atoms with E-state index in [1.165, 1.54) is 36.0 Å². The van der Waals surface area contributed by atoms with Crippen molar-refractivity contribution in [1.29, 1.82) is 0 Å². The van der Waals surface area contributed by atoms with Crippen molar-refractivity contribution < 1.29 is 4.79 Å². The molecule has 0 bridgehead atoms. The number of carbonyl (C=O) groups excluding carboxylic acids is 1. The minimum Gasteiger partial charge on any atom is -0.354 e. The van der Waals surface area contributed by atoms with Crippen molar-refractivity contribution in [1.82, 2.24) is 14.9 Å². The van der Waals surface area contributed by atoms with Crippen LogP contribution in [0.5, 0.6) is 0 Å². The average molecular weight is 471 g/mol. The van der Waals surface area contributed by atoms with Crippen LogP contribution in [0.25, 0.3) is 0 Å². The first-order chi connectivity index (χ1) is 17.0. The average Bonchev–Trinajstić information content (AvgIpc) is 3.13. The molecule has 5 heteroatoms. The van der Waals surface area contributed by atoms with Crippen LogP contribution in [0.15, 0.2) is 54.6 Å². The molecule has 0 radical (unpaired) electrons. The highest BCUT2D eigenvalue weighted by atomic mass is 16.2. The Balaban J connectivity index is 1.46. The molecular formula is C30H38N4O. The van der Waals surface area contributed by atoms with Gasteiger partial charge in [0, 0.05) is 49.4 Å². The maximum Gasteiger partial charge on any atom is 0.253 e. The summed E-state index contributed by atoms with van der Waals surface area (Å²) < 4.78 is 0. The van der Waals surface area contributed by atoms with Gasteiger partial charge in [0.1, 0.15) is 11.6 Å². The zero-order chi connectivity index (χ0) is 24.6. The van der Waals surface area contributed by atoms with Crippen LogP contribution in [-0.2, 0) is 12.8 Å². The fourth-order valence-corrected chi connectivity index (χ4v) is 4.89. The Hall–Kier alpha value is -3.21. The number of anilines is 1. The topological polar surface area (TPSA) is 49.3 Å². The number of unbranched alkanes of at least 4 members (excludes halogenated alkanes) is 2. The lowest BCUT2D eigenvalue weighted by Gasteiger charge is -2.26. The summed E-state index contributed by atoms with van der Waals surface area (Å²) in [6.07, 6.45) is 6.51. The number of benzene rings is 2. The van der Waals surface area contributed by atoms with Gasteiger partial charge in [0.25, 0.3) is 5.91 Å². The second-order valence-electron chi connectivity index (χ2n) is 9.61. The van der Waals surface area contributed by atoms with Gasteiger partial charge in [0.2, 0.25) is 0 Å². The Bertz CT molecular complexity index is 1110. The zero-order valence-electron chi connectivity index (χ0n) is 21.5. The van der Waals surface area contributed by atoms with Gasteiger partial charge in [-0.05, 0) is 56.4 Å². The van der Waals surface area contributed by atoms with Crippen molar-refractivity contribution in [3.05, 3.63) is 88.4 Å². The first kappa shape index (κ1) is 24.9. The quantitative estimate of drug-likeness (QED) is 0.392. The van der Waals surface area contributed by atoms with Crippen LogP contribution < -0.4 is 4.90 Å². The first-order valence-corrected chi connectivity index (χ1v) is 13.1. The maximum atomic E-state index is 13.3. The maximum absolute atomic E-state index is 13.3. The van der Waals surface area contributed by atoms with Gasteiger partial charge in [0.05, 0.1) is 0 Å². The molecule has 0 atom stereocenters. The second-order valence-corrected chi connectivity index (χ2v) is 9.61. The SMILES string of the molecule is CCCCCc1ccc(C(=O)N2CCCN(c3nc(C)nc(C)c3Cc3ccccc3)CC2)cc1. The third-order valence-electron chi connectivity index (χ3n) is 6.88. The number of aryl methyl sites for hydroxylation is 3. The summed E-state index contributed by atoms with van der Waals surface area (Å²) >= 11 is 0. The van der Waals surface area contributed by atoms with E-state index >= 15 is 0 Å². The molecule has 0 N–H and O–H groups in total. The molecule has 0 aliphatic carbocycles. The van der Waals surface area contributed by atoms with E-state index in [2.05, 4.69) is 60.1 Å². The lowest BCUT2D eigenvalue weighted by Crippen LogP contribution is -2.35. The highest BCUT2D eigenvalue weighted by Crippen LogP contribution is 2.25. The summed E-state index contributed by atoms with van der Waals surface area (Å²) in [6, 6.07) is 18.7. The van der Waals surface area contributed by atoms with E-state index in [-0.39, 0.29) is 5.91 Å². The van der Waals surface area contributed by atoms with E-state index in [4.69, 9.17) is 4.98 Å². The molecule has 1 aromatic heterocycles. The van der Waals surface area contributed by atoms with Crippen LogP contribution in [0.3, 0.4) is 0 Å². The van der Waals surface area contributed by atoms with Crippen molar-refractivity contribution in [2.45, 2.75) is 59.3 Å². The number of amides is 1. The monoisotopic (exact) mass is 470 g/mol. The molecule has 4 rings (SSSR count). The Kier molecular flexibility index (Phi) is 8.51. The second kappa shape index (κ2) is 12.0. The van der Waals surface area contributed by atoms with Gasteiger partial charge in [-0.2, -0.15) is 0 Å². The number of rotatable bonds is 8. The third kappa shape index (κ3) is 6.47. The lowest BCUT2D eigenvalue weighted by molar-refractivity contribution is 0.0767. The van der Waals surface area contributed by atoms with Gasteiger partial charge in [-0.15, -0.1) is 0 Å². The van der Waals surface area contributed by atoms with E-state index in [0.29, 0.717) is 6.54 Å². The predicted molar refractivity (Wildman–Crippen MR) is 143 cm³/mol. The van der Waals surface area contributed by atoms with Crippen molar-refractivity contribution in [2.75, 3.05) is 31.1 Å². The summed E-state index contributed by atoms with van der Waals surface area (Å²) in [5, 5.41) is 0. The molecule has 0 unspecified atom stereocenters. The molecule has 1 saturated heterocycles. The standard InChI is InChI=1S/C30H38N4O/c1-4-5-7-11-25-14-16-27(17-15-25)30(35)34-19-10-18-33(20-21-34)29-28(23(2)31-24(3)32-29)22-26-12-8-6-9-13-26/h6,8-9,12-17H,4-5,7,10-11,18-22H2,1-3H3. The molecule has 1 amide bonds.